The molecular formula is C37H26BNO. The van der Waals surface area contributed by atoms with E-state index in [4.69, 9.17) is 0 Å². The topological polar surface area (TPSA) is 20.3 Å². The highest BCUT2D eigenvalue weighted by atomic mass is 16.2. The number of aryl methyl sites for hydroxylation is 2. The van der Waals surface area contributed by atoms with Gasteiger partial charge < -0.3 is 0 Å². The van der Waals surface area contributed by atoms with E-state index in [-0.39, 0.29) is 12.6 Å². The molecule has 0 unspecified atom stereocenters. The van der Waals surface area contributed by atoms with Crippen LogP contribution in [0.25, 0.3) is 33.0 Å². The van der Waals surface area contributed by atoms with E-state index in [0.29, 0.717) is 0 Å². The lowest BCUT2D eigenvalue weighted by molar-refractivity contribution is 0.100. The third kappa shape index (κ3) is 3.15. The molecule has 40 heavy (non-hydrogen) atoms. The van der Waals surface area contributed by atoms with Gasteiger partial charge in [-0.25, -0.2) is 0 Å². The van der Waals surface area contributed by atoms with Gasteiger partial charge in [-0.1, -0.05) is 115 Å². The van der Waals surface area contributed by atoms with Gasteiger partial charge >= 0.3 is 0 Å². The number of benzene rings is 6. The van der Waals surface area contributed by atoms with Gasteiger partial charge in [-0.05, 0) is 75.7 Å². The first-order chi connectivity index (χ1) is 19.6. The second-order valence-electron chi connectivity index (χ2n) is 11.0. The van der Waals surface area contributed by atoms with Crippen molar-refractivity contribution in [3.8, 4) is 22.3 Å². The molecule has 2 aliphatic heterocycles. The molecule has 0 fully saturated rings. The van der Waals surface area contributed by atoms with E-state index in [1.54, 1.807) is 0 Å². The molecule has 2 aliphatic rings. The summed E-state index contributed by atoms with van der Waals surface area (Å²) in [7, 11) is 0. The van der Waals surface area contributed by atoms with E-state index >= 15 is 0 Å². The molecule has 0 N–H and O–H groups in total. The lowest BCUT2D eigenvalue weighted by atomic mass is 9.33. The molecule has 0 atom stereocenters. The third-order valence-electron chi connectivity index (χ3n) is 8.78. The average Bonchev–Trinajstić information content (AvgIpc) is 3.30. The Morgan fingerprint density at radius 2 is 1.18 bits per heavy atom. The summed E-state index contributed by atoms with van der Waals surface area (Å²) in [6, 6.07) is 43.1. The minimum atomic E-state index is -0.0458. The summed E-state index contributed by atoms with van der Waals surface area (Å²) in [4.78, 5) is 16.0. The summed E-state index contributed by atoms with van der Waals surface area (Å²) in [6.07, 6.45) is 0. The minimum Gasteiger partial charge on any atom is -0.277 e. The molecule has 0 aromatic heterocycles. The lowest BCUT2D eigenvalue weighted by Crippen LogP contribution is -2.59. The van der Waals surface area contributed by atoms with Gasteiger partial charge in [-0.3, -0.25) is 9.69 Å². The molecular weight excluding hydrogens is 485 g/mol. The summed E-state index contributed by atoms with van der Waals surface area (Å²) in [6.45, 7) is 4.27. The molecule has 0 saturated heterocycles. The van der Waals surface area contributed by atoms with Gasteiger partial charge in [0.15, 0.2) is 0 Å². The number of carbonyl (C=O) groups is 1. The molecule has 2 heterocycles. The highest BCUT2D eigenvalue weighted by Crippen LogP contribution is 2.43. The number of anilines is 2. The number of hydrogen-bond donors (Lipinski definition) is 0. The van der Waals surface area contributed by atoms with Crippen LogP contribution in [0.3, 0.4) is 0 Å². The number of fused-ring (bicyclic) bond motifs is 2. The van der Waals surface area contributed by atoms with Gasteiger partial charge in [0.25, 0.3) is 5.91 Å². The van der Waals surface area contributed by atoms with E-state index in [1.807, 2.05) is 17.0 Å². The first kappa shape index (κ1) is 23.0. The van der Waals surface area contributed by atoms with Gasteiger partial charge in [0, 0.05) is 11.1 Å². The van der Waals surface area contributed by atoms with Gasteiger partial charge in [0.2, 0.25) is 6.71 Å². The zero-order valence-electron chi connectivity index (χ0n) is 22.5. The molecule has 8 rings (SSSR count). The second-order valence-corrected chi connectivity index (χ2v) is 11.0. The lowest BCUT2D eigenvalue weighted by Gasteiger charge is -2.35. The molecule has 3 heteroatoms. The Morgan fingerprint density at radius 3 is 1.85 bits per heavy atom. The predicted octanol–water partition coefficient (Wildman–Crippen LogP) is 6.91. The molecule has 6 aromatic rings. The van der Waals surface area contributed by atoms with Crippen molar-refractivity contribution in [2.75, 3.05) is 4.90 Å². The predicted molar refractivity (Wildman–Crippen MR) is 168 cm³/mol. The van der Waals surface area contributed by atoms with Crippen LogP contribution in [0.1, 0.15) is 21.5 Å². The Balaban J connectivity index is 1.54. The quantitative estimate of drug-likeness (QED) is 0.237. The first-order valence-electron chi connectivity index (χ1n) is 13.9. The Bertz CT molecular complexity index is 1940. The van der Waals surface area contributed by atoms with Crippen molar-refractivity contribution in [1.29, 1.82) is 0 Å². The van der Waals surface area contributed by atoms with Crippen molar-refractivity contribution in [3.05, 3.63) is 138 Å². The van der Waals surface area contributed by atoms with E-state index in [9.17, 15) is 4.79 Å². The fraction of sp³-hybridized carbons (Fsp3) is 0.0541. The maximum absolute atomic E-state index is 14.0. The molecule has 188 valence electrons. The summed E-state index contributed by atoms with van der Waals surface area (Å²) in [5.74, 6) is 0.0654. The monoisotopic (exact) mass is 511 g/mol. The Morgan fingerprint density at radius 1 is 0.575 bits per heavy atom. The van der Waals surface area contributed by atoms with Crippen LogP contribution in [0.5, 0.6) is 0 Å². The first-order valence-corrected chi connectivity index (χ1v) is 13.9. The second kappa shape index (κ2) is 8.56. The summed E-state index contributed by atoms with van der Waals surface area (Å²) in [5, 5.41) is 2.18. The Labute approximate surface area is 234 Å². The zero-order valence-corrected chi connectivity index (χ0v) is 22.5. The molecule has 0 saturated carbocycles. The third-order valence-corrected chi connectivity index (χ3v) is 8.78. The SMILES string of the molecule is Cc1cc2c(cc1C)N1C(=O)c3cccc4ccc(c1c34)B2c1c(-c2ccccc2)cccc1-c1ccccc1. The Kier molecular flexibility index (Phi) is 4.93. The summed E-state index contributed by atoms with van der Waals surface area (Å²) < 4.78 is 0. The normalized spacial score (nSPS) is 13.2. The van der Waals surface area contributed by atoms with Crippen LogP contribution in [0, 0.1) is 13.8 Å². The van der Waals surface area contributed by atoms with E-state index < -0.39 is 0 Å². The molecule has 6 aromatic carbocycles. The van der Waals surface area contributed by atoms with Crippen LogP contribution >= 0.6 is 0 Å². The van der Waals surface area contributed by atoms with Crippen LogP contribution in [-0.4, -0.2) is 12.6 Å². The number of hydrogen-bond acceptors (Lipinski definition) is 1. The van der Waals surface area contributed by atoms with Crippen LogP contribution in [0.2, 0.25) is 0 Å². The van der Waals surface area contributed by atoms with Gasteiger partial charge in [0.05, 0.1) is 11.3 Å². The smallest absolute Gasteiger partial charge is 0.263 e. The van der Waals surface area contributed by atoms with Crippen molar-refractivity contribution >= 4 is 51.2 Å². The molecule has 0 bridgehead atoms. The highest BCUT2D eigenvalue weighted by Gasteiger charge is 2.44. The number of rotatable bonds is 3. The average molecular weight is 511 g/mol. The maximum atomic E-state index is 14.0. The number of carbonyl (C=O) groups excluding carboxylic acids is 1. The van der Waals surface area contributed by atoms with Crippen molar-refractivity contribution in [2.24, 2.45) is 0 Å². The van der Waals surface area contributed by atoms with Crippen LogP contribution in [-0.2, 0) is 0 Å². The summed E-state index contributed by atoms with van der Waals surface area (Å²) in [5.41, 5.74) is 13.7. The molecule has 0 radical (unpaired) electrons. The molecule has 2 nitrogen and oxygen atoms in total. The van der Waals surface area contributed by atoms with Gasteiger partial charge in [-0.2, -0.15) is 0 Å². The number of nitrogens with zero attached hydrogens (tertiary/aromatic N) is 1. The van der Waals surface area contributed by atoms with E-state index in [0.717, 1.165) is 27.7 Å². The fourth-order valence-corrected chi connectivity index (χ4v) is 6.82. The zero-order chi connectivity index (χ0) is 27.0. The van der Waals surface area contributed by atoms with E-state index in [2.05, 4.69) is 123 Å². The maximum Gasteiger partial charge on any atom is 0.263 e. The molecule has 1 amide bonds. The molecule has 0 aliphatic carbocycles. The standard InChI is InChI=1S/C37H26BNO/c1-23-21-32-33(22-24(23)2)39-36-31(20-19-27-15-9-18-30(34(27)36)37(39)40)38(32)35-28(25-11-5-3-6-12-25)16-10-17-29(35)26-13-7-4-8-14-26/h3-22H,1-2H3. The van der Waals surface area contributed by atoms with Crippen molar-refractivity contribution in [3.63, 3.8) is 0 Å². The minimum absolute atomic E-state index is 0.0458. The fourth-order valence-electron chi connectivity index (χ4n) is 6.82. The Hall–Kier alpha value is -4.89. The largest absolute Gasteiger partial charge is 0.277 e. The highest BCUT2D eigenvalue weighted by molar-refractivity contribution is 7.00. The van der Waals surface area contributed by atoms with Gasteiger partial charge in [0.1, 0.15) is 0 Å². The van der Waals surface area contributed by atoms with Crippen LogP contribution in [0.15, 0.2) is 121 Å². The van der Waals surface area contributed by atoms with E-state index in [1.165, 1.54) is 49.8 Å². The van der Waals surface area contributed by atoms with Crippen LogP contribution < -0.4 is 21.3 Å². The summed E-state index contributed by atoms with van der Waals surface area (Å²) >= 11 is 0. The van der Waals surface area contributed by atoms with Gasteiger partial charge in [-0.15, -0.1) is 0 Å². The van der Waals surface area contributed by atoms with Crippen LogP contribution in [0.4, 0.5) is 11.4 Å². The van der Waals surface area contributed by atoms with Crippen molar-refractivity contribution in [1.82, 2.24) is 0 Å². The molecule has 0 spiro atoms. The number of amides is 1. The van der Waals surface area contributed by atoms with Crippen molar-refractivity contribution in [2.45, 2.75) is 13.8 Å². The van der Waals surface area contributed by atoms with Crippen molar-refractivity contribution < 1.29 is 4.79 Å².